The molecule has 104 valence electrons. The summed E-state index contributed by atoms with van der Waals surface area (Å²) in [6, 6.07) is 6.77. The van der Waals surface area contributed by atoms with Gasteiger partial charge in [-0.05, 0) is 29.6 Å². The summed E-state index contributed by atoms with van der Waals surface area (Å²) in [6.45, 7) is 0.368. The highest BCUT2D eigenvalue weighted by Crippen LogP contribution is 2.30. The number of amides is 1. The number of rotatable bonds is 3. The molecule has 2 unspecified atom stereocenters. The Morgan fingerprint density at radius 2 is 2.15 bits per heavy atom. The Morgan fingerprint density at radius 3 is 2.75 bits per heavy atom. The Bertz CT molecular complexity index is 558. The maximum Gasteiger partial charge on any atom is 0.328 e. The molecule has 2 atom stereocenters. The van der Waals surface area contributed by atoms with Crippen LogP contribution in [0.1, 0.15) is 28.4 Å². The molecule has 1 aromatic carbocycles. The van der Waals surface area contributed by atoms with Gasteiger partial charge >= 0.3 is 5.97 Å². The molecule has 1 saturated heterocycles. The van der Waals surface area contributed by atoms with Crippen molar-refractivity contribution in [2.45, 2.75) is 18.5 Å². The molecule has 1 N–H and O–H groups in total. The van der Waals surface area contributed by atoms with Gasteiger partial charge < -0.3 is 10.1 Å². The minimum absolute atomic E-state index is 0.0712. The Kier molecular flexibility index (Phi) is 3.68. The van der Waals surface area contributed by atoms with Crippen molar-refractivity contribution in [3.05, 3.63) is 35.4 Å². The molecule has 2 aliphatic rings. The van der Waals surface area contributed by atoms with E-state index in [0.29, 0.717) is 18.6 Å². The molecule has 0 saturated carbocycles. The van der Waals surface area contributed by atoms with Crippen LogP contribution in [0, 0.1) is 0 Å². The number of nitrogens with zero attached hydrogens (tertiary/aromatic N) is 2. The zero-order chi connectivity index (χ0) is 13.9. The molecule has 6 nitrogen and oxygen atoms in total. The lowest BCUT2D eigenvalue weighted by Crippen LogP contribution is -2.37. The number of carbonyl (C=O) groups excluding carboxylic acids is 2. The largest absolute Gasteiger partial charge is 0.464 e. The molecule has 2 aliphatic heterocycles. The number of nitrogens with one attached hydrogen (secondary N) is 1. The van der Waals surface area contributed by atoms with Gasteiger partial charge in [0.1, 0.15) is 12.1 Å². The van der Waals surface area contributed by atoms with Gasteiger partial charge in [-0.1, -0.05) is 12.1 Å². The molecule has 0 aliphatic carbocycles. The van der Waals surface area contributed by atoms with Crippen molar-refractivity contribution in [1.82, 2.24) is 5.32 Å². The second-order valence-corrected chi connectivity index (χ2v) is 5.37. The van der Waals surface area contributed by atoms with E-state index in [9.17, 15) is 9.59 Å². The Hall–Kier alpha value is -1.89. The van der Waals surface area contributed by atoms with Crippen LogP contribution in [0.15, 0.2) is 33.9 Å². The van der Waals surface area contributed by atoms with E-state index in [1.807, 2.05) is 12.1 Å². The highest BCUT2D eigenvalue weighted by Gasteiger charge is 2.28. The Balaban J connectivity index is 1.66. The molecule has 0 bridgehead atoms. The van der Waals surface area contributed by atoms with E-state index in [0.717, 1.165) is 11.3 Å². The van der Waals surface area contributed by atoms with Crippen LogP contribution in [0.2, 0.25) is 0 Å². The molecular formula is C13H13N3O3S. The summed E-state index contributed by atoms with van der Waals surface area (Å²) in [4.78, 5) is 23.3. The Morgan fingerprint density at radius 1 is 1.35 bits per heavy atom. The molecule has 1 aromatic rings. The lowest BCUT2D eigenvalue weighted by atomic mass is 10.1. The zero-order valence-corrected chi connectivity index (χ0v) is 11.4. The number of benzene rings is 1. The quantitative estimate of drug-likeness (QED) is 0.681. The highest BCUT2D eigenvalue weighted by atomic mass is 32.2. The fourth-order valence-corrected chi connectivity index (χ4v) is 2.76. The van der Waals surface area contributed by atoms with E-state index in [1.54, 1.807) is 12.1 Å². The van der Waals surface area contributed by atoms with Gasteiger partial charge in [-0.25, -0.2) is 4.79 Å². The van der Waals surface area contributed by atoms with Crippen molar-refractivity contribution < 1.29 is 14.3 Å². The summed E-state index contributed by atoms with van der Waals surface area (Å²) in [5, 5.41) is 6.77. The van der Waals surface area contributed by atoms with Gasteiger partial charge in [-0.15, -0.1) is 4.52 Å². The second-order valence-electron chi connectivity index (χ2n) is 4.61. The van der Waals surface area contributed by atoms with Crippen LogP contribution in [-0.2, 0) is 9.53 Å². The molecule has 20 heavy (non-hydrogen) atoms. The summed E-state index contributed by atoms with van der Waals surface area (Å²) >= 11 is 1.44. The maximum atomic E-state index is 12.0. The van der Waals surface area contributed by atoms with E-state index in [2.05, 4.69) is 15.0 Å². The molecule has 0 aromatic heterocycles. The minimum atomic E-state index is -0.526. The van der Waals surface area contributed by atoms with Gasteiger partial charge in [0.2, 0.25) is 0 Å². The van der Waals surface area contributed by atoms with Crippen molar-refractivity contribution in [2.75, 3.05) is 12.4 Å². The van der Waals surface area contributed by atoms with Gasteiger partial charge in [0.05, 0.1) is 6.61 Å². The molecule has 1 amide bonds. The first-order chi connectivity index (χ1) is 9.74. The molecule has 2 heterocycles. The van der Waals surface area contributed by atoms with Gasteiger partial charge in [0, 0.05) is 17.7 Å². The van der Waals surface area contributed by atoms with Crippen LogP contribution in [0.5, 0.6) is 0 Å². The van der Waals surface area contributed by atoms with E-state index >= 15 is 0 Å². The van der Waals surface area contributed by atoms with Gasteiger partial charge in [0.15, 0.2) is 0 Å². The van der Waals surface area contributed by atoms with E-state index in [4.69, 9.17) is 4.74 Å². The first kappa shape index (κ1) is 13.1. The lowest BCUT2D eigenvalue weighted by molar-refractivity contribution is -0.139. The standard InChI is InChI=1S/C13H13N3O3S/c17-12(14-10-5-6-19-13(10)18)9-3-1-8(2-4-9)11-7-20-16-15-11/h1-4,10-11H,5-7H2,(H,14,17). The summed E-state index contributed by atoms with van der Waals surface area (Å²) < 4.78 is 8.70. The van der Waals surface area contributed by atoms with Gasteiger partial charge in [-0.3, -0.25) is 4.79 Å². The third-order valence-electron chi connectivity index (χ3n) is 3.28. The van der Waals surface area contributed by atoms with Crippen molar-refractivity contribution in [1.29, 1.82) is 0 Å². The molecule has 0 spiro atoms. The normalized spacial score (nSPS) is 24.7. The van der Waals surface area contributed by atoms with Crippen molar-refractivity contribution >= 4 is 23.8 Å². The monoisotopic (exact) mass is 291 g/mol. The van der Waals surface area contributed by atoms with Crippen LogP contribution in [-0.4, -0.2) is 30.3 Å². The van der Waals surface area contributed by atoms with E-state index < -0.39 is 6.04 Å². The van der Waals surface area contributed by atoms with Crippen LogP contribution in [0.4, 0.5) is 0 Å². The topological polar surface area (TPSA) is 80.1 Å². The Labute approximate surface area is 120 Å². The molecule has 7 heteroatoms. The van der Waals surface area contributed by atoms with Gasteiger partial charge in [-0.2, -0.15) is 5.11 Å². The number of carbonyl (C=O) groups is 2. The molecule has 3 rings (SSSR count). The SMILES string of the molecule is O=C(NC1CCOC1=O)c1ccc(C2CSN=N2)cc1. The molecule has 0 radical (unpaired) electrons. The van der Waals surface area contributed by atoms with Crippen LogP contribution in [0.3, 0.4) is 0 Å². The number of hydrogen-bond donors (Lipinski definition) is 1. The predicted molar refractivity (Wildman–Crippen MR) is 73.3 cm³/mol. The number of hydrogen-bond acceptors (Lipinski definition) is 6. The van der Waals surface area contributed by atoms with Crippen molar-refractivity contribution in [3.63, 3.8) is 0 Å². The third kappa shape index (κ3) is 2.67. The minimum Gasteiger partial charge on any atom is -0.464 e. The summed E-state index contributed by atoms with van der Waals surface area (Å²) in [7, 11) is 0. The second kappa shape index (κ2) is 5.62. The van der Waals surface area contributed by atoms with Crippen molar-refractivity contribution in [2.24, 2.45) is 9.63 Å². The average molecular weight is 291 g/mol. The van der Waals surface area contributed by atoms with Crippen LogP contribution >= 0.6 is 11.9 Å². The fourth-order valence-electron chi connectivity index (χ4n) is 2.12. The lowest BCUT2D eigenvalue weighted by Gasteiger charge is -2.10. The number of ether oxygens (including phenoxy) is 1. The summed E-state index contributed by atoms with van der Waals surface area (Å²) in [5.41, 5.74) is 1.56. The van der Waals surface area contributed by atoms with Crippen molar-refractivity contribution in [3.8, 4) is 0 Å². The first-order valence-corrected chi connectivity index (χ1v) is 7.28. The van der Waals surface area contributed by atoms with Crippen LogP contribution < -0.4 is 5.32 Å². The average Bonchev–Trinajstić information content (AvgIpc) is 3.12. The first-order valence-electron chi connectivity index (χ1n) is 6.33. The number of cyclic esters (lactones) is 1. The number of esters is 1. The maximum absolute atomic E-state index is 12.0. The summed E-state index contributed by atoms with van der Waals surface area (Å²) in [6.07, 6.45) is 0.530. The van der Waals surface area contributed by atoms with Crippen LogP contribution in [0.25, 0.3) is 0 Å². The highest BCUT2D eigenvalue weighted by molar-refractivity contribution is 7.98. The summed E-state index contributed by atoms with van der Waals surface area (Å²) in [5.74, 6) is 0.209. The smallest absolute Gasteiger partial charge is 0.328 e. The van der Waals surface area contributed by atoms with E-state index in [1.165, 1.54) is 11.9 Å². The predicted octanol–water partition coefficient (Wildman–Crippen LogP) is 1.89. The molecular weight excluding hydrogens is 278 g/mol. The van der Waals surface area contributed by atoms with Gasteiger partial charge in [0.25, 0.3) is 5.91 Å². The zero-order valence-electron chi connectivity index (χ0n) is 10.6. The fraction of sp³-hybridized carbons (Fsp3) is 0.385. The van der Waals surface area contributed by atoms with E-state index in [-0.39, 0.29) is 17.9 Å². The molecule has 1 fully saturated rings. The third-order valence-corrected chi connectivity index (χ3v) is 3.95.